The first-order valence-corrected chi connectivity index (χ1v) is 10.6. The van der Waals surface area contributed by atoms with Gasteiger partial charge in [0.05, 0.1) is 12.9 Å². The molecule has 1 fully saturated rings. The first kappa shape index (κ1) is 18.9. The molecule has 0 bridgehead atoms. The van der Waals surface area contributed by atoms with Crippen molar-refractivity contribution in [3.05, 3.63) is 65.7 Å². The van der Waals surface area contributed by atoms with E-state index in [1.165, 1.54) is 5.56 Å². The second kappa shape index (κ2) is 8.66. The average Bonchev–Trinajstić information content (AvgIpc) is 3.10. The van der Waals surface area contributed by atoms with Crippen molar-refractivity contribution in [2.75, 3.05) is 26.7 Å². The lowest BCUT2D eigenvalue weighted by atomic mass is 10.0. The molecule has 3 rings (SSSR count). The van der Waals surface area contributed by atoms with Crippen molar-refractivity contribution < 1.29 is 13.2 Å². The Labute approximate surface area is 156 Å². The van der Waals surface area contributed by atoms with E-state index in [9.17, 15) is 8.42 Å². The number of hydrogen-bond acceptors (Lipinski definition) is 4. The zero-order valence-electron chi connectivity index (χ0n) is 15.1. The summed E-state index contributed by atoms with van der Waals surface area (Å²) >= 11 is 0. The summed E-state index contributed by atoms with van der Waals surface area (Å²) in [6.07, 6.45) is 2.23. The van der Waals surface area contributed by atoms with E-state index in [0.29, 0.717) is 19.1 Å². The Morgan fingerprint density at radius 2 is 1.85 bits per heavy atom. The number of sulfonamides is 1. The highest BCUT2D eigenvalue weighted by Gasteiger charge is 2.25. The summed E-state index contributed by atoms with van der Waals surface area (Å²) in [6.45, 7) is 2.14. The van der Waals surface area contributed by atoms with Gasteiger partial charge in [0.15, 0.2) is 0 Å². The van der Waals surface area contributed by atoms with Gasteiger partial charge in [-0.15, -0.1) is 0 Å². The number of likely N-dealkylation sites (tertiary alicyclic amines) is 1. The molecule has 140 valence electrons. The molecule has 0 radical (unpaired) electrons. The minimum absolute atomic E-state index is 0.0236. The summed E-state index contributed by atoms with van der Waals surface area (Å²) in [5.74, 6) is 0.877. The maximum atomic E-state index is 12.3. The van der Waals surface area contributed by atoms with Crippen LogP contribution in [0.2, 0.25) is 0 Å². The standard InChI is InChI=1S/C20H26N2O3S/c1-25-19-11-9-18(10-12-19)20-8-5-14-22(20)15-13-21-26(23,24)16-17-6-3-2-4-7-17/h2-4,6-7,9-12,20-21H,5,8,13-16H2,1H3. The molecule has 0 aromatic heterocycles. The highest BCUT2D eigenvalue weighted by Crippen LogP contribution is 2.32. The SMILES string of the molecule is COc1ccc(C2CCCN2CCNS(=O)(=O)Cc2ccccc2)cc1. The molecule has 6 heteroatoms. The molecule has 2 aromatic rings. The summed E-state index contributed by atoms with van der Waals surface area (Å²) in [6, 6.07) is 17.8. The second-order valence-corrected chi connectivity index (χ2v) is 8.41. The average molecular weight is 375 g/mol. The van der Waals surface area contributed by atoms with Gasteiger partial charge in [-0.1, -0.05) is 42.5 Å². The van der Waals surface area contributed by atoms with E-state index < -0.39 is 10.0 Å². The number of nitrogens with one attached hydrogen (secondary N) is 1. The zero-order valence-corrected chi connectivity index (χ0v) is 15.9. The molecule has 0 amide bonds. The zero-order chi connectivity index (χ0) is 18.4. The van der Waals surface area contributed by atoms with Crippen molar-refractivity contribution >= 4 is 10.0 Å². The van der Waals surface area contributed by atoms with Crippen LogP contribution in [-0.2, 0) is 15.8 Å². The van der Waals surface area contributed by atoms with Crippen molar-refractivity contribution in [1.82, 2.24) is 9.62 Å². The third-order valence-corrected chi connectivity index (χ3v) is 6.14. The summed E-state index contributed by atoms with van der Waals surface area (Å²) in [7, 11) is -1.65. The molecule has 2 aromatic carbocycles. The van der Waals surface area contributed by atoms with Crippen LogP contribution in [0, 0.1) is 0 Å². The van der Waals surface area contributed by atoms with Crippen LogP contribution < -0.4 is 9.46 Å². The van der Waals surface area contributed by atoms with E-state index in [2.05, 4.69) is 21.8 Å². The molecular weight excluding hydrogens is 348 g/mol. The molecule has 1 unspecified atom stereocenters. The molecule has 26 heavy (non-hydrogen) atoms. The Bertz CT molecular complexity index is 792. The molecule has 1 N–H and O–H groups in total. The molecule has 0 spiro atoms. The summed E-state index contributed by atoms with van der Waals surface area (Å²) in [5, 5.41) is 0. The van der Waals surface area contributed by atoms with Crippen LogP contribution in [0.5, 0.6) is 5.75 Å². The van der Waals surface area contributed by atoms with Gasteiger partial charge in [0.25, 0.3) is 0 Å². The third kappa shape index (κ3) is 5.06. The van der Waals surface area contributed by atoms with E-state index in [4.69, 9.17) is 4.74 Å². The summed E-state index contributed by atoms with van der Waals surface area (Å²) in [4.78, 5) is 2.35. The van der Waals surface area contributed by atoms with Crippen LogP contribution in [0.15, 0.2) is 54.6 Å². The molecule has 1 atom stereocenters. The highest BCUT2D eigenvalue weighted by molar-refractivity contribution is 7.88. The lowest BCUT2D eigenvalue weighted by molar-refractivity contribution is 0.261. The predicted octanol–water partition coefficient (Wildman–Crippen LogP) is 2.95. The molecule has 1 aliphatic heterocycles. The lowest BCUT2D eigenvalue weighted by Crippen LogP contribution is -2.35. The van der Waals surface area contributed by atoms with Gasteiger partial charge in [-0.2, -0.15) is 0 Å². The first-order chi connectivity index (χ1) is 12.6. The van der Waals surface area contributed by atoms with Gasteiger partial charge >= 0.3 is 0 Å². The van der Waals surface area contributed by atoms with Gasteiger partial charge in [-0.05, 0) is 42.6 Å². The lowest BCUT2D eigenvalue weighted by Gasteiger charge is -2.25. The van der Waals surface area contributed by atoms with Gasteiger partial charge in [-0.25, -0.2) is 13.1 Å². The van der Waals surface area contributed by atoms with Crippen molar-refractivity contribution in [2.24, 2.45) is 0 Å². The Kier molecular flexibility index (Phi) is 6.29. The topological polar surface area (TPSA) is 58.6 Å². The Balaban J connectivity index is 1.53. The predicted molar refractivity (Wildman–Crippen MR) is 104 cm³/mol. The quantitative estimate of drug-likeness (QED) is 0.772. The van der Waals surface area contributed by atoms with Crippen LogP contribution in [0.25, 0.3) is 0 Å². The van der Waals surface area contributed by atoms with Gasteiger partial charge in [0.2, 0.25) is 10.0 Å². The smallest absolute Gasteiger partial charge is 0.215 e. The third-order valence-electron chi connectivity index (χ3n) is 4.78. The maximum absolute atomic E-state index is 12.3. The number of hydrogen-bond donors (Lipinski definition) is 1. The molecule has 1 heterocycles. The molecule has 1 saturated heterocycles. The first-order valence-electron chi connectivity index (χ1n) is 8.97. The van der Waals surface area contributed by atoms with Crippen molar-refractivity contribution in [3.63, 3.8) is 0 Å². The Morgan fingerprint density at radius 3 is 2.54 bits per heavy atom. The fourth-order valence-corrected chi connectivity index (χ4v) is 4.62. The summed E-state index contributed by atoms with van der Waals surface area (Å²) < 4.78 is 32.5. The minimum Gasteiger partial charge on any atom is -0.497 e. The second-order valence-electron chi connectivity index (χ2n) is 6.61. The monoisotopic (exact) mass is 374 g/mol. The number of methoxy groups -OCH3 is 1. The van der Waals surface area contributed by atoms with Crippen LogP contribution in [0.3, 0.4) is 0 Å². The largest absolute Gasteiger partial charge is 0.497 e. The van der Waals surface area contributed by atoms with Gasteiger partial charge in [-0.3, -0.25) is 4.90 Å². The van der Waals surface area contributed by atoms with Crippen LogP contribution in [0.1, 0.15) is 30.0 Å². The number of rotatable bonds is 8. The number of ether oxygens (including phenoxy) is 1. The molecule has 0 saturated carbocycles. The van der Waals surface area contributed by atoms with Crippen LogP contribution in [0.4, 0.5) is 0 Å². The summed E-state index contributed by atoms with van der Waals surface area (Å²) in [5.41, 5.74) is 2.06. The van der Waals surface area contributed by atoms with Crippen molar-refractivity contribution in [1.29, 1.82) is 0 Å². The van der Waals surface area contributed by atoms with Gasteiger partial charge in [0.1, 0.15) is 5.75 Å². The van der Waals surface area contributed by atoms with Gasteiger partial charge in [0, 0.05) is 19.1 Å². The number of benzene rings is 2. The highest BCUT2D eigenvalue weighted by atomic mass is 32.2. The Morgan fingerprint density at radius 1 is 1.12 bits per heavy atom. The van der Waals surface area contributed by atoms with E-state index in [1.54, 1.807) is 7.11 Å². The molecule has 0 aliphatic carbocycles. The van der Waals surface area contributed by atoms with E-state index in [1.807, 2.05) is 42.5 Å². The minimum atomic E-state index is -3.31. The fraction of sp³-hybridized carbons (Fsp3) is 0.400. The Hall–Kier alpha value is -1.89. The van der Waals surface area contributed by atoms with E-state index in [-0.39, 0.29) is 5.75 Å². The van der Waals surface area contributed by atoms with Gasteiger partial charge < -0.3 is 4.74 Å². The van der Waals surface area contributed by atoms with Crippen molar-refractivity contribution in [2.45, 2.75) is 24.6 Å². The maximum Gasteiger partial charge on any atom is 0.215 e. The number of nitrogens with zero attached hydrogens (tertiary/aromatic N) is 1. The molecule has 5 nitrogen and oxygen atoms in total. The van der Waals surface area contributed by atoms with Crippen LogP contribution in [-0.4, -0.2) is 40.1 Å². The normalized spacial score (nSPS) is 18.1. The van der Waals surface area contributed by atoms with E-state index >= 15 is 0 Å². The van der Waals surface area contributed by atoms with E-state index in [0.717, 1.165) is 30.7 Å². The molecule has 1 aliphatic rings. The molecular formula is C20H26N2O3S. The van der Waals surface area contributed by atoms with Crippen molar-refractivity contribution in [3.8, 4) is 5.75 Å². The van der Waals surface area contributed by atoms with Crippen LogP contribution >= 0.6 is 0 Å². The fourth-order valence-electron chi connectivity index (χ4n) is 3.49.